The fourth-order valence-corrected chi connectivity index (χ4v) is 4.98. The third-order valence-corrected chi connectivity index (χ3v) is 7.03. The lowest BCUT2D eigenvalue weighted by molar-refractivity contribution is 0.0730. The van der Waals surface area contributed by atoms with Gasteiger partial charge < -0.3 is 15.0 Å². The number of hydrogen-bond donors (Lipinski definition) is 1. The van der Waals surface area contributed by atoms with Gasteiger partial charge in [-0.15, -0.1) is 0 Å². The van der Waals surface area contributed by atoms with E-state index in [0.29, 0.717) is 32.0 Å². The van der Waals surface area contributed by atoms with Crippen LogP contribution in [0.1, 0.15) is 23.2 Å². The fraction of sp³-hybridized carbons (Fsp3) is 0.400. The summed E-state index contributed by atoms with van der Waals surface area (Å²) in [4.78, 5) is 19.4. The molecular weight excluding hydrogens is 392 g/mol. The molecule has 8 nitrogen and oxygen atoms in total. The smallest absolute Gasteiger partial charge is 0.255 e. The van der Waals surface area contributed by atoms with Crippen molar-refractivity contribution in [2.24, 2.45) is 0 Å². The predicted octanol–water partition coefficient (Wildman–Crippen LogP) is 1.95. The Labute approximate surface area is 170 Å². The van der Waals surface area contributed by atoms with Crippen molar-refractivity contribution < 1.29 is 17.9 Å². The van der Waals surface area contributed by atoms with Crippen molar-refractivity contribution in [3.8, 4) is 0 Å². The number of benzene rings is 1. The van der Waals surface area contributed by atoms with E-state index in [4.69, 9.17) is 4.74 Å². The molecule has 0 radical (unpaired) electrons. The number of morpholine rings is 1. The minimum Gasteiger partial charge on any atom is -0.379 e. The van der Waals surface area contributed by atoms with Gasteiger partial charge >= 0.3 is 0 Å². The third-order valence-electron chi connectivity index (χ3n) is 5.14. The maximum absolute atomic E-state index is 12.8. The van der Waals surface area contributed by atoms with Crippen LogP contribution in [-0.4, -0.2) is 63.0 Å². The van der Waals surface area contributed by atoms with Crippen LogP contribution >= 0.6 is 0 Å². The Morgan fingerprint density at radius 1 is 1.03 bits per heavy atom. The number of anilines is 2. The first kappa shape index (κ1) is 19.8. The van der Waals surface area contributed by atoms with Gasteiger partial charge in [-0.3, -0.25) is 4.79 Å². The molecule has 2 aliphatic heterocycles. The van der Waals surface area contributed by atoms with Gasteiger partial charge in [0.1, 0.15) is 5.82 Å². The molecule has 154 valence electrons. The van der Waals surface area contributed by atoms with E-state index in [-0.39, 0.29) is 16.4 Å². The lowest BCUT2D eigenvalue weighted by Crippen LogP contribution is -2.40. The van der Waals surface area contributed by atoms with Gasteiger partial charge in [-0.05, 0) is 43.2 Å². The van der Waals surface area contributed by atoms with E-state index in [1.165, 1.54) is 29.3 Å². The fourth-order valence-electron chi connectivity index (χ4n) is 3.53. The summed E-state index contributed by atoms with van der Waals surface area (Å²) in [6.07, 6.45) is 3.97. The van der Waals surface area contributed by atoms with Crippen molar-refractivity contribution >= 4 is 27.4 Å². The van der Waals surface area contributed by atoms with E-state index in [1.807, 2.05) is 12.1 Å². The Kier molecular flexibility index (Phi) is 5.79. The van der Waals surface area contributed by atoms with Gasteiger partial charge in [-0.1, -0.05) is 6.07 Å². The molecular formula is C20H24N4O4S. The maximum Gasteiger partial charge on any atom is 0.255 e. The third kappa shape index (κ3) is 4.42. The summed E-state index contributed by atoms with van der Waals surface area (Å²) in [6.45, 7) is 3.38. The number of carbonyl (C=O) groups is 1. The van der Waals surface area contributed by atoms with Crippen molar-refractivity contribution in [1.29, 1.82) is 0 Å². The highest BCUT2D eigenvalue weighted by Gasteiger charge is 2.27. The number of hydrogen-bond acceptors (Lipinski definition) is 6. The van der Waals surface area contributed by atoms with Gasteiger partial charge in [-0.25, -0.2) is 13.4 Å². The molecule has 2 saturated heterocycles. The van der Waals surface area contributed by atoms with E-state index in [9.17, 15) is 13.2 Å². The number of pyridine rings is 1. The van der Waals surface area contributed by atoms with Crippen LogP contribution in [0.4, 0.5) is 11.5 Å². The van der Waals surface area contributed by atoms with Crippen molar-refractivity contribution in [1.82, 2.24) is 9.29 Å². The van der Waals surface area contributed by atoms with E-state index in [2.05, 4.69) is 15.2 Å². The molecule has 2 fully saturated rings. The van der Waals surface area contributed by atoms with Crippen molar-refractivity contribution in [2.45, 2.75) is 17.7 Å². The molecule has 2 aromatic rings. The molecule has 0 spiro atoms. The first-order chi connectivity index (χ1) is 14.0. The van der Waals surface area contributed by atoms with Gasteiger partial charge in [0.05, 0.1) is 30.0 Å². The van der Waals surface area contributed by atoms with Crippen LogP contribution in [-0.2, 0) is 14.8 Å². The van der Waals surface area contributed by atoms with Crippen molar-refractivity contribution in [2.75, 3.05) is 49.6 Å². The molecule has 1 N–H and O–H groups in total. The summed E-state index contributed by atoms with van der Waals surface area (Å²) in [6, 6.07) is 9.80. The molecule has 2 aliphatic rings. The summed E-state index contributed by atoms with van der Waals surface area (Å²) in [7, 11) is -3.65. The second-order valence-corrected chi connectivity index (χ2v) is 9.04. The first-order valence-electron chi connectivity index (χ1n) is 9.74. The number of carbonyl (C=O) groups excluding carboxylic acids is 1. The number of nitrogens with one attached hydrogen (secondary N) is 1. The lowest BCUT2D eigenvalue weighted by atomic mass is 10.2. The number of nitrogens with zero attached hydrogens (tertiary/aromatic N) is 3. The molecule has 0 bridgehead atoms. The number of amides is 1. The second-order valence-electron chi connectivity index (χ2n) is 7.10. The molecule has 3 heterocycles. The highest BCUT2D eigenvalue weighted by atomic mass is 32.2. The van der Waals surface area contributed by atoms with Crippen LogP contribution in [0, 0.1) is 0 Å². The van der Waals surface area contributed by atoms with Crippen LogP contribution in [0.2, 0.25) is 0 Å². The maximum atomic E-state index is 12.8. The van der Waals surface area contributed by atoms with Crippen LogP contribution in [0.25, 0.3) is 0 Å². The van der Waals surface area contributed by atoms with Crippen LogP contribution in [0.5, 0.6) is 0 Å². The number of sulfonamides is 1. The average molecular weight is 417 g/mol. The number of ether oxygens (including phenoxy) is 1. The SMILES string of the molecule is O=C(Nc1ccc(N2CCCC2)nc1)c1cccc(S(=O)(=O)N2CCOCC2)c1. The molecule has 1 aromatic heterocycles. The summed E-state index contributed by atoms with van der Waals surface area (Å²) < 4.78 is 32.2. The van der Waals surface area contributed by atoms with Crippen LogP contribution in [0.15, 0.2) is 47.5 Å². The van der Waals surface area contributed by atoms with Crippen molar-refractivity contribution in [3.05, 3.63) is 48.2 Å². The Morgan fingerprint density at radius 2 is 1.79 bits per heavy atom. The minimum absolute atomic E-state index is 0.106. The molecule has 1 amide bonds. The summed E-state index contributed by atoms with van der Waals surface area (Å²) in [5.41, 5.74) is 0.849. The van der Waals surface area contributed by atoms with Gasteiger partial charge in [0.2, 0.25) is 10.0 Å². The van der Waals surface area contributed by atoms with E-state index < -0.39 is 10.0 Å². The normalized spacial score (nSPS) is 18.0. The van der Waals surface area contributed by atoms with E-state index in [1.54, 1.807) is 18.3 Å². The standard InChI is InChI=1S/C20H24N4O4S/c25-20(22-17-6-7-19(21-15-17)23-8-1-2-9-23)16-4-3-5-18(14-16)29(26,27)24-10-12-28-13-11-24/h3-7,14-15H,1-2,8-13H2,(H,22,25). The van der Waals surface area contributed by atoms with E-state index >= 15 is 0 Å². The molecule has 0 atom stereocenters. The highest BCUT2D eigenvalue weighted by Crippen LogP contribution is 2.21. The topological polar surface area (TPSA) is 91.8 Å². The molecule has 0 aliphatic carbocycles. The second kappa shape index (κ2) is 8.48. The largest absolute Gasteiger partial charge is 0.379 e. The number of aromatic nitrogens is 1. The zero-order valence-corrected chi connectivity index (χ0v) is 16.9. The van der Waals surface area contributed by atoms with Gasteiger partial charge in [-0.2, -0.15) is 4.31 Å². The van der Waals surface area contributed by atoms with Gasteiger partial charge in [0.15, 0.2) is 0 Å². The molecule has 4 rings (SSSR count). The Balaban J connectivity index is 1.47. The summed E-state index contributed by atoms with van der Waals surface area (Å²) in [5.74, 6) is 0.527. The van der Waals surface area contributed by atoms with Crippen molar-refractivity contribution in [3.63, 3.8) is 0 Å². The quantitative estimate of drug-likeness (QED) is 0.801. The highest BCUT2D eigenvalue weighted by molar-refractivity contribution is 7.89. The Morgan fingerprint density at radius 3 is 2.48 bits per heavy atom. The molecule has 9 heteroatoms. The molecule has 0 unspecified atom stereocenters. The van der Waals surface area contributed by atoms with Gasteiger partial charge in [0.25, 0.3) is 5.91 Å². The Hall–Kier alpha value is -2.49. The molecule has 29 heavy (non-hydrogen) atoms. The predicted molar refractivity (Wildman–Crippen MR) is 110 cm³/mol. The first-order valence-corrected chi connectivity index (χ1v) is 11.2. The van der Waals surface area contributed by atoms with Crippen LogP contribution in [0.3, 0.4) is 0 Å². The molecule has 0 saturated carbocycles. The zero-order valence-electron chi connectivity index (χ0n) is 16.1. The monoisotopic (exact) mass is 416 g/mol. The van der Waals surface area contributed by atoms with Crippen LogP contribution < -0.4 is 10.2 Å². The minimum atomic E-state index is -3.65. The Bertz CT molecular complexity index is 966. The number of rotatable bonds is 5. The lowest BCUT2D eigenvalue weighted by Gasteiger charge is -2.26. The van der Waals surface area contributed by atoms with Gasteiger partial charge in [0, 0.05) is 31.7 Å². The average Bonchev–Trinajstić information content (AvgIpc) is 3.30. The summed E-state index contributed by atoms with van der Waals surface area (Å²) in [5, 5.41) is 2.79. The van der Waals surface area contributed by atoms with E-state index in [0.717, 1.165) is 18.9 Å². The zero-order chi connectivity index (χ0) is 20.3. The molecule has 1 aromatic carbocycles. The summed E-state index contributed by atoms with van der Waals surface area (Å²) >= 11 is 0.